The summed E-state index contributed by atoms with van der Waals surface area (Å²) in [4.78, 5) is 0. The maximum absolute atomic E-state index is 12.1. The zero-order valence-electron chi connectivity index (χ0n) is 8.99. The molecule has 0 N–H and O–H groups in total. The van der Waals surface area contributed by atoms with Gasteiger partial charge in [-0.3, -0.25) is 0 Å². The van der Waals surface area contributed by atoms with Crippen LogP contribution in [0.4, 0.5) is 13.2 Å². The van der Waals surface area contributed by atoms with Crippen LogP contribution in [0.2, 0.25) is 0 Å². The lowest BCUT2D eigenvalue weighted by Gasteiger charge is -2.12. The van der Waals surface area contributed by atoms with Crippen LogP contribution < -0.4 is 4.18 Å². The first-order chi connectivity index (χ1) is 7.78. The molecule has 1 aromatic rings. The van der Waals surface area contributed by atoms with Crippen LogP contribution in [0.1, 0.15) is 18.9 Å². The quantitative estimate of drug-likeness (QED) is 0.623. The molecule has 0 aliphatic heterocycles. The van der Waals surface area contributed by atoms with Gasteiger partial charge in [0, 0.05) is 0 Å². The van der Waals surface area contributed by atoms with Crippen molar-refractivity contribution in [3.63, 3.8) is 0 Å². The lowest BCUT2D eigenvalue weighted by molar-refractivity contribution is -0.0500. The van der Waals surface area contributed by atoms with Crippen molar-refractivity contribution in [2.75, 3.05) is 0 Å². The van der Waals surface area contributed by atoms with Crippen LogP contribution in [0.3, 0.4) is 0 Å². The Labute approximate surface area is 97.3 Å². The normalized spacial score (nSPS) is 12.5. The predicted octanol–water partition coefficient (Wildman–Crippen LogP) is 2.87. The minimum atomic E-state index is -5.59. The van der Waals surface area contributed by atoms with E-state index in [0.717, 1.165) is 0 Å². The molecule has 0 spiro atoms. The first-order valence-electron chi connectivity index (χ1n) is 4.86. The zero-order chi connectivity index (χ0) is 13.1. The van der Waals surface area contributed by atoms with Crippen LogP contribution in [-0.2, 0) is 16.5 Å². The van der Waals surface area contributed by atoms with Crippen LogP contribution in [0.25, 0.3) is 0 Å². The average molecular weight is 268 g/mol. The van der Waals surface area contributed by atoms with Crippen LogP contribution in [0.15, 0.2) is 24.3 Å². The molecule has 0 aliphatic rings. The molecule has 7 heteroatoms. The Morgan fingerprint density at radius 3 is 2.35 bits per heavy atom. The van der Waals surface area contributed by atoms with E-state index in [1.54, 1.807) is 6.07 Å². The monoisotopic (exact) mass is 268 g/mol. The molecule has 0 atom stereocenters. The summed E-state index contributed by atoms with van der Waals surface area (Å²) >= 11 is 0. The molecule has 0 amide bonds. The van der Waals surface area contributed by atoms with Crippen LogP contribution >= 0.6 is 0 Å². The molecule has 0 aliphatic carbocycles. The molecular weight excluding hydrogens is 257 g/mol. The van der Waals surface area contributed by atoms with E-state index in [0.29, 0.717) is 18.4 Å². The SMILES string of the molecule is CCCc1ccccc1OS(=O)(=O)C(F)(F)F. The fraction of sp³-hybridized carbons (Fsp3) is 0.400. The fourth-order valence-electron chi connectivity index (χ4n) is 1.23. The van der Waals surface area contributed by atoms with Gasteiger partial charge in [-0.1, -0.05) is 31.5 Å². The Bertz CT molecular complexity index is 480. The third kappa shape index (κ3) is 3.36. The topological polar surface area (TPSA) is 43.4 Å². The van der Waals surface area contributed by atoms with Gasteiger partial charge < -0.3 is 4.18 Å². The number of hydrogen-bond donors (Lipinski definition) is 0. The largest absolute Gasteiger partial charge is 0.534 e. The van der Waals surface area contributed by atoms with E-state index in [1.165, 1.54) is 18.2 Å². The number of halogens is 3. The van der Waals surface area contributed by atoms with E-state index in [1.807, 2.05) is 6.92 Å². The molecule has 0 saturated heterocycles. The van der Waals surface area contributed by atoms with Gasteiger partial charge in [-0.25, -0.2) is 0 Å². The highest BCUT2D eigenvalue weighted by molar-refractivity contribution is 7.88. The summed E-state index contributed by atoms with van der Waals surface area (Å²) in [6.07, 6.45) is 1.12. The maximum atomic E-state index is 12.1. The van der Waals surface area contributed by atoms with Gasteiger partial charge in [-0.2, -0.15) is 21.6 Å². The summed E-state index contributed by atoms with van der Waals surface area (Å²) in [5, 5.41) is 0. The number of hydrogen-bond acceptors (Lipinski definition) is 3. The summed E-state index contributed by atoms with van der Waals surface area (Å²) in [6, 6.07) is 5.76. The zero-order valence-corrected chi connectivity index (χ0v) is 9.81. The molecule has 0 bridgehead atoms. The molecule has 0 heterocycles. The van der Waals surface area contributed by atoms with Crippen LogP contribution in [0.5, 0.6) is 5.75 Å². The van der Waals surface area contributed by atoms with Gasteiger partial charge >= 0.3 is 15.6 Å². The van der Waals surface area contributed by atoms with E-state index in [9.17, 15) is 21.6 Å². The van der Waals surface area contributed by atoms with Gasteiger partial charge in [0.25, 0.3) is 0 Å². The van der Waals surface area contributed by atoms with Crippen molar-refractivity contribution in [2.24, 2.45) is 0 Å². The smallest absolute Gasteiger partial charge is 0.376 e. The number of para-hydroxylation sites is 1. The van der Waals surface area contributed by atoms with E-state index in [-0.39, 0.29) is 5.75 Å². The molecule has 17 heavy (non-hydrogen) atoms. The summed E-state index contributed by atoms with van der Waals surface area (Å²) in [6.45, 7) is 1.83. The third-order valence-corrected chi connectivity index (χ3v) is 2.94. The van der Waals surface area contributed by atoms with Gasteiger partial charge in [-0.15, -0.1) is 0 Å². The number of rotatable bonds is 4. The Balaban J connectivity index is 3.04. The highest BCUT2D eigenvalue weighted by Gasteiger charge is 2.48. The molecule has 96 valence electrons. The van der Waals surface area contributed by atoms with Crippen molar-refractivity contribution < 1.29 is 25.8 Å². The average Bonchev–Trinajstić information content (AvgIpc) is 2.19. The first kappa shape index (κ1) is 13.8. The van der Waals surface area contributed by atoms with Crippen molar-refractivity contribution >= 4 is 10.1 Å². The van der Waals surface area contributed by atoms with Crippen molar-refractivity contribution in [3.05, 3.63) is 29.8 Å². The second kappa shape index (κ2) is 4.95. The van der Waals surface area contributed by atoms with Gasteiger partial charge in [0.2, 0.25) is 0 Å². The van der Waals surface area contributed by atoms with Crippen molar-refractivity contribution in [2.45, 2.75) is 25.3 Å². The van der Waals surface area contributed by atoms with E-state index >= 15 is 0 Å². The molecular formula is C10H11F3O3S. The Kier molecular flexibility index (Phi) is 4.03. The standard InChI is InChI=1S/C10H11F3O3S/c1-2-5-8-6-3-4-7-9(8)16-17(14,15)10(11,12)13/h3-4,6-7H,2,5H2,1H3. The molecule has 0 saturated carbocycles. The molecule has 0 aromatic heterocycles. The van der Waals surface area contributed by atoms with Crippen molar-refractivity contribution in [1.29, 1.82) is 0 Å². The second-order valence-corrected chi connectivity index (χ2v) is 4.88. The van der Waals surface area contributed by atoms with E-state index in [2.05, 4.69) is 4.18 Å². The summed E-state index contributed by atoms with van der Waals surface area (Å²) < 4.78 is 62.1. The summed E-state index contributed by atoms with van der Waals surface area (Å²) in [5.74, 6) is -0.272. The molecule has 0 radical (unpaired) electrons. The molecule has 0 unspecified atom stereocenters. The summed E-state index contributed by atoms with van der Waals surface area (Å²) in [7, 11) is -5.59. The van der Waals surface area contributed by atoms with Crippen LogP contribution in [0, 0.1) is 0 Å². The van der Waals surface area contributed by atoms with Crippen molar-refractivity contribution in [1.82, 2.24) is 0 Å². The minimum absolute atomic E-state index is 0.272. The number of benzene rings is 1. The number of aryl methyl sites for hydroxylation is 1. The highest BCUT2D eigenvalue weighted by Crippen LogP contribution is 2.29. The second-order valence-electron chi connectivity index (χ2n) is 3.34. The lowest BCUT2D eigenvalue weighted by atomic mass is 10.1. The fourth-order valence-corrected chi connectivity index (χ4v) is 1.72. The van der Waals surface area contributed by atoms with E-state index < -0.39 is 15.6 Å². The highest BCUT2D eigenvalue weighted by atomic mass is 32.2. The Morgan fingerprint density at radius 1 is 1.24 bits per heavy atom. The summed E-state index contributed by atoms with van der Waals surface area (Å²) in [5.41, 5.74) is -4.98. The Morgan fingerprint density at radius 2 is 1.82 bits per heavy atom. The van der Waals surface area contributed by atoms with Gasteiger partial charge in [-0.05, 0) is 18.1 Å². The molecule has 1 rings (SSSR count). The van der Waals surface area contributed by atoms with Crippen molar-refractivity contribution in [3.8, 4) is 5.75 Å². The first-order valence-corrected chi connectivity index (χ1v) is 6.27. The van der Waals surface area contributed by atoms with Gasteiger partial charge in [0.05, 0.1) is 0 Å². The lowest BCUT2D eigenvalue weighted by Crippen LogP contribution is -2.28. The number of alkyl halides is 3. The predicted molar refractivity (Wildman–Crippen MR) is 56.0 cm³/mol. The minimum Gasteiger partial charge on any atom is -0.376 e. The molecule has 3 nitrogen and oxygen atoms in total. The Hall–Kier alpha value is -1.24. The molecule has 1 aromatic carbocycles. The van der Waals surface area contributed by atoms with Gasteiger partial charge in [0.1, 0.15) is 5.75 Å². The van der Waals surface area contributed by atoms with Gasteiger partial charge in [0.15, 0.2) is 0 Å². The van der Waals surface area contributed by atoms with Crippen LogP contribution in [-0.4, -0.2) is 13.9 Å². The molecule has 0 fully saturated rings. The third-order valence-electron chi connectivity index (χ3n) is 1.97. The van der Waals surface area contributed by atoms with E-state index in [4.69, 9.17) is 0 Å². The maximum Gasteiger partial charge on any atom is 0.534 e.